The van der Waals surface area contributed by atoms with E-state index >= 15 is 0 Å². The molecule has 1 atom stereocenters. The number of anilines is 1. The summed E-state index contributed by atoms with van der Waals surface area (Å²) in [6.07, 6.45) is 12.5. The molecule has 186 valence electrons. The molecule has 1 amide bonds. The molecule has 0 spiro atoms. The maximum atomic E-state index is 12.7. The minimum Gasteiger partial charge on any atom is -0.365 e. The summed E-state index contributed by atoms with van der Waals surface area (Å²) in [5, 5.41) is 3.19. The number of hydrogen-bond donors (Lipinski definition) is 2. The number of amides is 1. The summed E-state index contributed by atoms with van der Waals surface area (Å²) >= 11 is 0. The van der Waals surface area contributed by atoms with Gasteiger partial charge in [-0.25, -0.2) is 0 Å². The second kappa shape index (κ2) is 13.2. The average molecular weight is 456 g/mol. The Labute approximate surface area is 203 Å². The van der Waals surface area contributed by atoms with Gasteiger partial charge in [0.05, 0.1) is 11.6 Å². The fourth-order valence-electron chi connectivity index (χ4n) is 4.83. The molecule has 33 heavy (non-hydrogen) atoms. The van der Waals surface area contributed by atoms with E-state index in [4.69, 9.17) is 5.73 Å². The van der Waals surface area contributed by atoms with Crippen molar-refractivity contribution in [2.75, 3.05) is 18.0 Å². The quantitative estimate of drug-likeness (QED) is 0.367. The lowest BCUT2D eigenvalue weighted by molar-refractivity contribution is -0.124. The zero-order valence-electron chi connectivity index (χ0n) is 22.1. The monoisotopic (exact) mass is 455 g/mol. The Morgan fingerprint density at radius 1 is 1.15 bits per heavy atom. The Balaban J connectivity index is 2.03. The average Bonchev–Trinajstić information content (AvgIpc) is 2.75. The number of hydrogen-bond acceptors (Lipinski definition) is 3. The van der Waals surface area contributed by atoms with Crippen LogP contribution in [0.15, 0.2) is 35.9 Å². The summed E-state index contributed by atoms with van der Waals surface area (Å²) in [6.45, 7) is 14.2. The molecule has 0 saturated heterocycles. The SMILES string of the molecule is CC(C)=CCN(CC(C)(C)NC(=O)[C@@H](N)CC(C)C)c1ccc(CCC2CCCCC2)cc1. The summed E-state index contributed by atoms with van der Waals surface area (Å²) < 4.78 is 0. The van der Waals surface area contributed by atoms with Crippen LogP contribution in [0.3, 0.4) is 0 Å². The van der Waals surface area contributed by atoms with E-state index in [0.717, 1.165) is 19.0 Å². The highest BCUT2D eigenvalue weighted by Gasteiger charge is 2.27. The van der Waals surface area contributed by atoms with Crippen molar-refractivity contribution in [2.45, 2.75) is 104 Å². The van der Waals surface area contributed by atoms with Gasteiger partial charge < -0.3 is 16.0 Å². The Bertz CT molecular complexity index is 741. The van der Waals surface area contributed by atoms with Gasteiger partial charge in [-0.2, -0.15) is 0 Å². The molecule has 1 fully saturated rings. The molecule has 0 bridgehead atoms. The highest BCUT2D eigenvalue weighted by Crippen LogP contribution is 2.28. The van der Waals surface area contributed by atoms with Crippen molar-refractivity contribution in [1.29, 1.82) is 0 Å². The predicted molar refractivity (Wildman–Crippen MR) is 143 cm³/mol. The van der Waals surface area contributed by atoms with Crippen LogP contribution in [-0.2, 0) is 11.2 Å². The van der Waals surface area contributed by atoms with Gasteiger partial charge in [-0.15, -0.1) is 0 Å². The molecule has 0 radical (unpaired) electrons. The molecule has 0 heterocycles. The Morgan fingerprint density at radius 2 is 1.79 bits per heavy atom. The van der Waals surface area contributed by atoms with Gasteiger partial charge in [0.25, 0.3) is 0 Å². The van der Waals surface area contributed by atoms with Crippen LogP contribution in [0.4, 0.5) is 5.69 Å². The van der Waals surface area contributed by atoms with Crippen LogP contribution in [0.1, 0.15) is 92.1 Å². The summed E-state index contributed by atoms with van der Waals surface area (Å²) in [5.74, 6) is 1.26. The van der Waals surface area contributed by atoms with E-state index in [0.29, 0.717) is 12.3 Å². The molecule has 1 aliphatic rings. The standard InChI is InChI=1S/C29H49N3O/c1-22(2)18-19-32(21-29(5,6)31-28(33)27(30)20-23(3)4)26-16-14-25(15-17-26)13-12-24-10-8-7-9-11-24/h14-18,23-24,27H,7-13,19-21,30H2,1-6H3,(H,31,33)/t27-/m0/s1. The van der Waals surface area contributed by atoms with Crippen molar-refractivity contribution in [3.63, 3.8) is 0 Å². The molecular weight excluding hydrogens is 406 g/mol. The molecule has 4 nitrogen and oxygen atoms in total. The highest BCUT2D eigenvalue weighted by molar-refractivity contribution is 5.82. The number of carbonyl (C=O) groups excluding carboxylic acids is 1. The third-order valence-corrected chi connectivity index (χ3v) is 6.70. The lowest BCUT2D eigenvalue weighted by Crippen LogP contribution is -2.55. The topological polar surface area (TPSA) is 58.4 Å². The number of benzene rings is 1. The number of rotatable bonds is 12. The van der Waals surface area contributed by atoms with Gasteiger partial charge in [-0.1, -0.05) is 69.7 Å². The van der Waals surface area contributed by atoms with Crippen molar-refractivity contribution in [1.82, 2.24) is 5.32 Å². The van der Waals surface area contributed by atoms with Crippen LogP contribution < -0.4 is 16.0 Å². The first-order valence-corrected chi connectivity index (χ1v) is 13.1. The summed E-state index contributed by atoms with van der Waals surface area (Å²) in [5.41, 5.74) is 9.66. The fourth-order valence-corrected chi connectivity index (χ4v) is 4.83. The fraction of sp³-hybridized carbons (Fsp3) is 0.690. The number of allylic oxidation sites excluding steroid dienone is 1. The van der Waals surface area contributed by atoms with Crippen molar-refractivity contribution in [3.8, 4) is 0 Å². The molecule has 0 aromatic heterocycles. The largest absolute Gasteiger partial charge is 0.365 e. The van der Waals surface area contributed by atoms with Crippen molar-refractivity contribution >= 4 is 11.6 Å². The molecule has 1 aliphatic carbocycles. The Kier molecular flexibility index (Phi) is 11.0. The first-order chi connectivity index (χ1) is 15.6. The van der Waals surface area contributed by atoms with E-state index in [2.05, 4.69) is 82.1 Å². The smallest absolute Gasteiger partial charge is 0.237 e. The molecule has 4 heteroatoms. The predicted octanol–water partition coefficient (Wildman–Crippen LogP) is 6.24. The minimum atomic E-state index is -0.459. The van der Waals surface area contributed by atoms with E-state index in [9.17, 15) is 4.79 Å². The van der Waals surface area contributed by atoms with Crippen LogP contribution in [0.25, 0.3) is 0 Å². The molecule has 1 aromatic rings. The normalized spacial score (nSPS) is 15.9. The number of nitrogens with one attached hydrogen (secondary N) is 1. The zero-order chi connectivity index (χ0) is 24.4. The van der Waals surface area contributed by atoms with Gasteiger partial charge in [0.1, 0.15) is 0 Å². The number of nitrogens with two attached hydrogens (primary N) is 1. The number of aryl methyl sites for hydroxylation is 1. The number of carbonyl (C=O) groups is 1. The molecule has 2 rings (SSSR count). The summed E-state index contributed by atoms with van der Waals surface area (Å²) in [6, 6.07) is 8.61. The third kappa shape index (κ3) is 10.3. The summed E-state index contributed by atoms with van der Waals surface area (Å²) in [7, 11) is 0. The van der Waals surface area contributed by atoms with Gasteiger partial charge in [0.15, 0.2) is 0 Å². The second-order valence-corrected chi connectivity index (χ2v) is 11.5. The lowest BCUT2D eigenvalue weighted by atomic mass is 9.85. The summed E-state index contributed by atoms with van der Waals surface area (Å²) in [4.78, 5) is 15.0. The maximum absolute atomic E-state index is 12.7. The van der Waals surface area contributed by atoms with Crippen LogP contribution in [0.5, 0.6) is 0 Å². The van der Waals surface area contributed by atoms with E-state index in [-0.39, 0.29) is 11.4 Å². The highest BCUT2D eigenvalue weighted by atomic mass is 16.2. The van der Waals surface area contributed by atoms with Gasteiger partial charge in [-0.3, -0.25) is 4.79 Å². The lowest BCUT2D eigenvalue weighted by Gasteiger charge is -2.35. The van der Waals surface area contributed by atoms with Gasteiger partial charge in [0.2, 0.25) is 5.91 Å². The zero-order valence-corrected chi connectivity index (χ0v) is 22.1. The van der Waals surface area contributed by atoms with Crippen LogP contribution in [-0.4, -0.2) is 30.6 Å². The minimum absolute atomic E-state index is 0.0612. The van der Waals surface area contributed by atoms with Crippen molar-refractivity contribution in [3.05, 3.63) is 41.5 Å². The Hall–Kier alpha value is -1.81. The molecule has 0 unspecified atom stereocenters. The van der Waals surface area contributed by atoms with Gasteiger partial charge in [0, 0.05) is 18.8 Å². The first kappa shape index (κ1) is 27.4. The molecular formula is C29H49N3O. The van der Waals surface area contributed by atoms with Gasteiger partial charge in [-0.05, 0) is 76.5 Å². The molecule has 0 aliphatic heterocycles. The third-order valence-electron chi connectivity index (χ3n) is 6.70. The molecule has 3 N–H and O–H groups in total. The van der Waals surface area contributed by atoms with Gasteiger partial charge >= 0.3 is 0 Å². The molecule has 1 aromatic carbocycles. The maximum Gasteiger partial charge on any atom is 0.237 e. The van der Waals surface area contributed by atoms with Crippen LogP contribution >= 0.6 is 0 Å². The first-order valence-electron chi connectivity index (χ1n) is 13.1. The number of nitrogens with zero attached hydrogens (tertiary/aromatic N) is 1. The van der Waals surface area contributed by atoms with E-state index < -0.39 is 6.04 Å². The second-order valence-electron chi connectivity index (χ2n) is 11.5. The molecule has 1 saturated carbocycles. The van der Waals surface area contributed by atoms with E-state index in [1.54, 1.807) is 0 Å². The van der Waals surface area contributed by atoms with Crippen molar-refractivity contribution < 1.29 is 4.79 Å². The van der Waals surface area contributed by atoms with Crippen LogP contribution in [0, 0.1) is 11.8 Å². The van der Waals surface area contributed by atoms with E-state index in [1.807, 2.05) is 0 Å². The van der Waals surface area contributed by atoms with Crippen molar-refractivity contribution in [2.24, 2.45) is 17.6 Å². The Morgan fingerprint density at radius 3 is 2.36 bits per heavy atom. The van der Waals surface area contributed by atoms with E-state index in [1.165, 1.54) is 61.8 Å². The van der Waals surface area contributed by atoms with Crippen LogP contribution in [0.2, 0.25) is 0 Å².